The maximum Gasteiger partial charge on any atom is 0.122 e. The number of benzene rings is 1. The van der Waals surface area contributed by atoms with Gasteiger partial charge in [-0.15, -0.1) is 0 Å². The lowest BCUT2D eigenvalue weighted by molar-refractivity contribution is 0.0305. The van der Waals surface area contributed by atoms with E-state index in [1.807, 2.05) is 18.2 Å². The van der Waals surface area contributed by atoms with Gasteiger partial charge in [-0.25, -0.2) is 0 Å². The van der Waals surface area contributed by atoms with Crippen molar-refractivity contribution in [2.24, 2.45) is 17.1 Å². The molecule has 1 aromatic carbocycles. The fraction of sp³-hybridized carbons (Fsp3) is 0.625. The van der Waals surface area contributed by atoms with Gasteiger partial charge in [-0.05, 0) is 36.5 Å². The van der Waals surface area contributed by atoms with Gasteiger partial charge in [0.2, 0.25) is 0 Å². The van der Waals surface area contributed by atoms with Crippen LogP contribution >= 0.6 is 0 Å². The van der Waals surface area contributed by atoms with E-state index < -0.39 is 6.10 Å². The molecule has 0 radical (unpaired) electrons. The normalized spacial score (nSPS) is 27.4. The molecule has 0 bridgehead atoms. The van der Waals surface area contributed by atoms with Gasteiger partial charge in [0, 0.05) is 18.0 Å². The van der Waals surface area contributed by atoms with Gasteiger partial charge in [-0.3, -0.25) is 0 Å². The van der Waals surface area contributed by atoms with Gasteiger partial charge in [-0.2, -0.15) is 0 Å². The van der Waals surface area contributed by atoms with Crippen LogP contribution in [0.4, 0.5) is 0 Å². The van der Waals surface area contributed by atoms with Crippen LogP contribution in [0.15, 0.2) is 18.2 Å². The van der Waals surface area contributed by atoms with Crippen LogP contribution in [-0.4, -0.2) is 25.9 Å². The fourth-order valence-corrected chi connectivity index (χ4v) is 3.32. The number of aliphatic hydroxyl groups is 1. The van der Waals surface area contributed by atoms with Crippen LogP contribution in [-0.2, 0) is 0 Å². The second-order valence-electron chi connectivity index (χ2n) is 5.96. The molecular weight excluding hydrogens is 254 g/mol. The number of hydrogen-bond acceptors (Lipinski definition) is 4. The number of ether oxygens (including phenoxy) is 2. The van der Waals surface area contributed by atoms with Crippen LogP contribution in [0.25, 0.3) is 0 Å². The summed E-state index contributed by atoms with van der Waals surface area (Å²) in [6.07, 6.45) is 2.46. The van der Waals surface area contributed by atoms with E-state index in [0.717, 1.165) is 24.8 Å². The Kier molecular flexibility index (Phi) is 4.55. The largest absolute Gasteiger partial charge is 0.497 e. The van der Waals surface area contributed by atoms with Crippen molar-refractivity contribution in [2.75, 3.05) is 20.8 Å². The van der Waals surface area contributed by atoms with E-state index in [1.165, 1.54) is 0 Å². The lowest BCUT2D eigenvalue weighted by Crippen LogP contribution is -2.34. The lowest BCUT2D eigenvalue weighted by Gasteiger charge is -2.34. The van der Waals surface area contributed by atoms with Gasteiger partial charge >= 0.3 is 0 Å². The maximum absolute atomic E-state index is 10.8. The molecular formula is C16H25NO3. The summed E-state index contributed by atoms with van der Waals surface area (Å²) < 4.78 is 10.6. The lowest BCUT2D eigenvalue weighted by atomic mass is 9.76. The molecule has 1 aliphatic carbocycles. The third-order valence-electron chi connectivity index (χ3n) is 4.57. The first-order chi connectivity index (χ1) is 9.54. The summed E-state index contributed by atoms with van der Waals surface area (Å²) in [4.78, 5) is 0. The second-order valence-corrected chi connectivity index (χ2v) is 5.96. The van der Waals surface area contributed by atoms with Crippen molar-refractivity contribution in [3.8, 4) is 11.5 Å². The van der Waals surface area contributed by atoms with E-state index in [1.54, 1.807) is 14.2 Å². The molecule has 0 amide bonds. The topological polar surface area (TPSA) is 64.7 Å². The Hall–Kier alpha value is -1.26. The van der Waals surface area contributed by atoms with E-state index in [-0.39, 0.29) is 5.41 Å². The Morgan fingerprint density at radius 2 is 1.90 bits per heavy atom. The molecule has 4 nitrogen and oxygen atoms in total. The zero-order chi connectivity index (χ0) is 14.8. The standard InChI is InChI=1S/C16H25NO3/c1-11-4-5-16(9-11,10-17)15(18)12-6-13(19-2)8-14(7-12)20-3/h6-8,11,15,18H,4-5,9-10,17H2,1-3H3. The molecule has 1 fully saturated rings. The van der Waals surface area contributed by atoms with E-state index in [4.69, 9.17) is 15.2 Å². The Balaban J connectivity index is 2.34. The van der Waals surface area contributed by atoms with Crippen LogP contribution in [0.3, 0.4) is 0 Å². The summed E-state index contributed by atoms with van der Waals surface area (Å²) in [6, 6.07) is 5.55. The van der Waals surface area contributed by atoms with Gasteiger partial charge < -0.3 is 20.3 Å². The molecule has 1 saturated carbocycles. The molecule has 0 aliphatic heterocycles. The van der Waals surface area contributed by atoms with Crippen molar-refractivity contribution >= 4 is 0 Å². The summed E-state index contributed by atoms with van der Waals surface area (Å²) in [7, 11) is 3.22. The monoisotopic (exact) mass is 279 g/mol. The predicted octanol–water partition coefficient (Wildman–Crippen LogP) is 2.50. The van der Waals surface area contributed by atoms with Crippen molar-refractivity contribution in [3.05, 3.63) is 23.8 Å². The number of hydrogen-bond donors (Lipinski definition) is 2. The Morgan fingerprint density at radius 1 is 1.30 bits per heavy atom. The van der Waals surface area contributed by atoms with Crippen molar-refractivity contribution in [1.29, 1.82) is 0 Å². The summed E-state index contributed by atoms with van der Waals surface area (Å²) >= 11 is 0. The first-order valence-electron chi connectivity index (χ1n) is 7.16. The van der Waals surface area contributed by atoms with E-state index in [9.17, 15) is 5.11 Å². The molecule has 3 N–H and O–H groups in total. The predicted molar refractivity (Wildman–Crippen MR) is 79.0 cm³/mol. The van der Waals surface area contributed by atoms with Crippen molar-refractivity contribution in [3.63, 3.8) is 0 Å². The Labute approximate surface area is 120 Å². The molecule has 0 spiro atoms. The highest BCUT2D eigenvalue weighted by molar-refractivity contribution is 5.40. The summed E-state index contributed by atoms with van der Waals surface area (Å²) in [5.41, 5.74) is 6.58. The molecule has 4 heteroatoms. The molecule has 1 aromatic rings. The molecule has 0 saturated heterocycles. The van der Waals surface area contributed by atoms with Crippen LogP contribution < -0.4 is 15.2 Å². The summed E-state index contributed by atoms with van der Waals surface area (Å²) in [6.45, 7) is 2.72. The van der Waals surface area contributed by atoms with Crippen LogP contribution in [0.1, 0.15) is 37.9 Å². The van der Waals surface area contributed by atoms with Crippen LogP contribution in [0.2, 0.25) is 0 Å². The van der Waals surface area contributed by atoms with Crippen LogP contribution in [0.5, 0.6) is 11.5 Å². The highest BCUT2D eigenvalue weighted by Gasteiger charge is 2.43. The van der Waals surface area contributed by atoms with Crippen molar-refractivity contribution in [2.45, 2.75) is 32.3 Å². The molecule has 112 valence electrons. The molecule has 1 aliphatic rings. The molecule has 3 atom stereocenters. The minimum atomic E-state index is -0.582. The van der Waals surface area contributed by atoms with Gasteiger partial charge in [0.1, 0.15) is 11.5 Å². The number of methoxy groups -OCH3 is 2. The van der Waals surface area contributed by atoms with Crippen molar-refractivity contribution < 1.29 is 14.6 Å². The minimum absolute atomic E-state index is 0.225. The highest BCUT2D eigenvalue weighted by Crippen LogP contribution is 2.49. The van der Waals surface area contributed by atoms with Gasteiger partial charge in [-0.1, -0.05) is 13.3 Å². The van der Waals surface area contributed by atoms with E-state index in [2.05, 4.69) is 6.92 Å². The zero-order valence-electron chi connectivity index (χ0n) is 12.6. The van der Waals surface area contributed by atoms with Gasteiger partial charge in [0.05, 0.1) is 20.3 Å². The molecule has 0 heterocycles. The quantitative estimate of drug-likeness (QED) is 0.869. The smallest absolute Gasteiger partial charge is 0.122 e. The molecule has 20 heavy (non-hydrogen) atoms. The second kappa shape index (κ2) is 6.02. The fourth-order valence-electron chi connectivity index (χ4n) is 3.32. The molecule has 2 rings (SSSR count). The number of aliphatic hydroxyl groups excluding tert-OH is 1. The van der Waals surface area contributed by atoms with E-state index in [0.29, 0.717) is 24.0 Å². The number of nitrogens with two attached hydrogens (primary N) is 1. The Morgan fingerprint density at radius 3 is 2.30 bits per heavy atom. The summed E-state index contributed by atoms with van der Waals surface area (Å²) in [5, 5.41) is 10.8. The average Bonchev–Trinajstić information content (AvgIpc) is 2.88. The molecule has 3 unspecified atom stereocenters. The SMILES string of the molecule is COc1cc(OC)cc(C(O)C2(CN)CCC(C)C2)c1. The van der Waals surface area contributed by atoms with Gasteiger partial charge in [0.25, 0.3) is 0 Å². The third-order valence-corrected chi connectivity index (χ3v) is 4.57. The van der Waals surface area contributed by atoms with Crippen LogP contribution in [0, 0.1) is 11.3 Å². The Bertz CT molecular complexity index is 441. The minimum Gasteiger partial charge on any atom is -0.497 e. The average molecular weight is 279 g/mol. The van der Waals surface area contributed by atoms with Crippen molar-refractivity contribution in [1.82, 2.24) is 0 Å². The number of rotatable bonds is 5. The maximum atomic E-state index is 10.8. The summed E-state index contributed by atoms with van der Waals surface area (Å²) in [5.74, 6) is 1.99. The first kappa shape index (κ1) is 15.1. The molecule has 0 aromatic heterocycles. The van der Waals surface area contributed by atoms with E-state index >= 15 is 0 Å². The third kappa shape index (κ3) is 2.76. The van der Waals surface area contributed by atoms with Gasteiger partial charge in [0.15, 0.2) is 0 Å². The zero-order valence-corrected chi connectivity index (χ0v) is 12.6. The first-order valence-corrected chi connectivity index (χ1v) is 7.16. The highest BCUT2D eigenvalue weighted by atomic mass is 16.5.